The van der Waals surface area contributed by atoms with Gasteiger partial charge in [0, 0.05) is 17.4 Å². The van der Waals surface area contributed by atoms with Crippen molar-refractivity contribution in [3.63, 3.8) is 0 Å². The number of anilines is 1. The van der Waals surface area contributed by atoms with Crippen LogP contribution in [0.25, 0.3) is 28.5 Å². The molecule has 1 amide bonds. The van der Waals surface area contributed by atoms with E-state index >= 15 is 0 Å². The van der Waals surface area contributed by atoms with Gasteiger partial charge in [-0.3, -0.25) is 4.79 Å². The number of aryl methyl sites for hydroxylation is 1. The monoisotopic (exact) mass is 458 g/mol. The van der Waals surface area contributed by atoms with E-state index in [4.69, 9.17) is 4.52 Å². The van der Waals surface area contributed by atoms with E-state index in [0.717, 1.165) is 15.8 Å². The fraction of sp³-hybridized carbons (Fsp3) is 0.125. The summed E-state index contributed by atoms with van der Waals surface area (Å²) in [6, 6.07) is 14.7. The zero-order valence-electron chi connectivity index (χ0n) is 18.3. The number of nitrogens with one attached hydrogen (secondary N) is 1. The maximum Gasteiger partial charge on any atom is 0.350 e. The molecule has 0 spiro atoms. The van der Waals surface area contributed by atoms with Gasteiger partial charge in [0.05, 0.1) is 5.56 Å². The van der Waals surface area contributed by atoms with Gasteiger partial charge in [-0.15, -0.1) is 5.10 Å². The number of aromatic nitrogens is 5. The zero-order valence-corrected chi connectivity index (χ0v) is 18.3. The molecular weight excluding hydrogens is 439 g/mol. The van der Waals surface area contributed by atoms with Gasteiger partial charge >= 0.3 is 5.69 Å². The normalized spacial score (nSPS) is 11.1. The molecule has 9 nitrogen and oxygen atoms in total. The van der Waals surface area contributed by atoms with Crippen LogP contribution < -0.4 is 11.0 Å². The molecule has 0 radical (unpaired) electrons. The van der Waals surface area contributed by atoms with Crippen LogP contribution in [0.2, 0.25) is 0 Å². The van der Waals surface area contributed by atoms with E-state index in [1.54, 1.807) is 30.3 Å². The van der Waals surface area contributed by atoms with Crippen LogP contribution in [0.3, 0.4) is 0 Å². The lowest BCUT2D eigenvalue weighted by Gasteiger charge is -2.09. The second kappa shape index (κ2) is 8.39. The SMILES string of the molecule is Cc1cccc(NC(=O)Cn2nc3c(-c4nc(-c5cccc(F)c5)no4)cccn3c2=O)c1C. The standard InChI is InChI=1S/C24H19FN6O3/c1-14-6-3-10-19(15(14)2)26-20(32)13-31-24(33)30-11-5-9-18(22(30)28-31)23-27-21(29-34-23)16-7-4-8-17(25)12-16/h3-12H,13H2,1-2H3,(H,26,32). The molecule has 0 aliphatic heterocycles. The van der Waals surface area contributed by atoms with Crippen LogP contribution in [-0.4, -0.2) is 30.2 Å². The van der Waals surface area contributed by atoms with Crippen LogP contribution in [0, 0.1) is 19.7 Å². The number of pyridine rings is 1. The summed E-state index contributed by atoms with van der Waals surface area (Å²) in [6.45, 7) is 3.60. The quantitative estimate of drug-likeness (QED) is 0.431. The lowest BCUT2D eigenvalue weighted by Crippen LogP contribution is -2.28. The van der Waals surface area contributed by atoms with Crippen LogP contribution in [-0.2, 0) is 11.3 Å². The van der Waals surface area contributed by atoms with Crippen molar-refractivity contribution in [1.29, 1.82) is 0 Å². The maximum atomic E-state index is 13.6. The van der Waals surface area contributed by atoms with E-state index in [1.165, 1.54) is 22.7 Å². The number of amides is 1. The highest BCUT2D eigenvalue weighted by atomic mass is 19.1. The first-order chi connectivity index (χ1) is 16.4. The first-order valence-electron chi connectivity index (χ1n) is 10.4. The molecule has 10 heteroatoms. The average molecular weight is 458 g/mol. The zero-order chi connectivity index (χ0) is 23.8. The van der Waals surface area contributed by atoms with E-state index in [2.05, 4.69) is 20.6 Å². The number of carbonyl (C=O) groups excluding carboxylic acids is 1. The molecule has 0 aliphatic rings. The fourth-order valence-corrected chi connectivity index (χ4v) is 3.60. The van der Waals surface area contributed by atoms with Crippen molar-refractivity contribution in [2.75, 3.05) is 5.32 Å². The highest BCUT2D eigenvalue weighted by Crippen LogP contribution is 2.25. The highest BCUT2D eigenvalue weighted by molar-refractivity contribution is 5.91. The first kappa shape index (κ1) is 21.3. The molecule has 0 aliphatic carbocycles. The van der Waals surface area contributed by atoms with Gasteiger partial charge in [0.25, 0.3) is 5.89 Å². The van der Waals surface area contributed by atoms with Crippen LogP contribution in [0.5, 0.6) is 0 Å². The summed E-state index contributed by atoms with van der Waals surface area (Å²) >= 11 is 0. The van der Waals surface area contributed by atoms with E-state index in [1.807, 2.05) is 26.0 Å². The smallest absolute Gasteiger partial charge is 0.333 e. The van der Waals surface area contributed by atoms with Crippen molar-refractivity contribution < 1.29 is 13.7 Å². The van der Waals surface area contributed by atoms with E-state index in [9.17, 15) is 14.0 Å². The number of hydrogen-bond donors (Lipinski definition) is 1. The molecule has 5 aromatic rings. The summed E-state index contributed by atoms with van der Waals surface area (Å²) in [5.41, 5.74) is 3.30. The number of carbonyl (C=O) groups is 1. The lowest BCUT2D eigenvalue weighted by molar-refractivity contribution is -0.117. The molecule has 2 aromatic carbocycles. The summed E-state index contributed by atoms with van der Waals surface area (Å²) in [5, 5.41) is 11.1. The summed E-state index contributed by atoms with van der Waals surface area (Å²) < 4.78 is 21.3. The summed E-state index contributed by atoms with van der Waals surface area (Å²) in [5.74, 6) is -0.490. The van der Waals surface area contributed by atoms with Gasteiger partial charge in [0.1, 0.15) is 12.4 Å². The predicted octanol–water partition coefficient (Wildman–Crippen LogP) is 3.61. The number of benzene rings is 2. The van der Waals surface area contributed by atoms with Gasteiger partial charge in [-0.05, 0) is 55.3 Å². The molecule has 3 heterocycles. The number of nitrogens with zero attached hydrogens (tertiary/aromatic N) is 5. The predicted molar refractivity (Wildman–Crippen MR) is 123 cm³/mol. The Hall–Kier alpha value is -4.60. The third kappa shape index (κ3) is 3.85. The van der Waals surface area contributed by atoms with E-state index < -0.39 is 11.5 Å². The molecule has 3 aromatic heterocycles. The van der Waals surface area contributed by atoms with Crippen molar-refractivity contribution in [2.45, 2.75) is 20.4 Å². The third-order valence-corrected chi connectivity index (χ3v) is 5.52. The van der Waals surface area contributed by atoms with Gasteiger partial charge in [-0.2, -0.15) is 4.98 Å². The average Bonchev–Trinajstić information content (AvgIpc) is 3.42. The Labute approximate surface area is 192 Å². The Morgan fingerprint density at radius 2 is 1.94 bits per heavy atom. The summed E-state index contributed by atoms with van der Waals surface area (Å²) in [4.78, 5) is 29.8. The Bertz CT molecular complexity index is 1600. The molecule has 0 fully saturated rings. The molecule has 1 N–H and O–H groups in total. The van der Waals surface area contributed by atoms with Gasteiger partial charge < -0.3 is 9.84 Å². The number of fused-ring (bicyclic) bond motifs is 1. The molecule has 0 unspecified atom stereocenters. The minimum absolute atomic E-state index is 0.113. The molecule has 0 atom stereocenters. The van der Waals surface area contributed by atoms with Crippen molar-refractivity contribution in [1.82, 2.24) is 24.3 Å². The van der Waals surface area contributed by atoms with Crippen LogP contribution in [0.15, 0.2) is 70.1 Å². The molecule has 5 rings (SSSR count). The van der Waals surface area contributed by atoms with Crippen LogP contribution in [0.4, 0.5) is 10.1 Å². The molecule has 0 saturated heterocycles. The largest absolute Gasteiger partial charge is 0.350 e. The lowest BCUT2D eigenvalue weighted by atomic mass is 10.1. The van der Waals surface area contributed by atoms with Gasteiger partial charge in [-0.1, -0.05) is 29.4 Å². The first-order valence-corrected chi connectivity index (χ1v) is 10.4. The molecule has 0 bridgehead atoms. The Balaban J connectivity index is 1.46. The highest BCUT2D eigenvalue weighted by Gasteiger charge is 2.19. The second-order valence-corrected chi connectivity index (χ2v) is 7.78. The number of hydrogen-bond acceptors (Lipinski definition) is 6. The molecule has 34 heavy (non-hydrogen) atoms. The van der Waals surface area contributed by atoms with Crippen LogP contribution >= 0.6 is 0 Å². The minimum atomic E-state index is -0.488. The van der Waals surface area contributed by atoms with Crippen molar-refractivity contribution in [2.24, 2.45) is 0 Å². The van der Waals surface area contributed by atoms with Crippen molar-refractivity contribution in [3.05, 3.63) is 88.2 Å². The third-order valence-electron chi connectivity index (χ3n) is 5.52. The maximum absolute atomic E-state index is 13.6. The topological polar surface area (TPSA) is 107 Å². The van der Waals surface area contributed by atoms with Crippen molar-refractivity contribution >= 4 is 17.2 Å². The Morgan fingerprint density at radius 3 is 2.76 bits per heavy atom. The summed E-state index contributed by atoms with van der Waals surface area (Å²) in [6.07, 6.45) is 1.54. The van der Waals surface area contributed by atoms with Gasteiger partial charge in [0.2, 0.25) is 11.7 Å². The second-order valence-electron chi connectivity index (χ2n) is 7.78. The number of rotatable bonds is 5. The fourth-order valence-electron chi connectivity index (χ4n) is 3.60. The van der Waals surface area contributed by atoms with Gasteiger partial charge in [0.15, 0.2) is 5.65 Å². The molecular formula is C24H19FN6O3. The summed E-state index contributed by atoms with van der Waals surface area (Å²) in [7, 11) is 0. The van der Waals surface area contributed by atoms with Gasteiger partial charge in [-0.25, -0.2) is 18.3 Å². The van der Waals surface area contributed by atoms with E-state index in [0.29, 0.717) is 16.8 Å². The van der Waals surface area contributed by atoms with Crippen LogP contribution in [0.1, 0.15) is 11.1 Å². The van der Waals surface area contributed by atoms with E-state index in [-0.39, 0.29) is 29.8 Å². The Morgan fingerprint density at radius 1 is 1.12 bits per heavy atom. The number of halogens is 1. The molecule has 0 saturated carbocycles. The Kier molecular flexibility index (Phi) is 5.25. The molecule has 170 valence electrons. The minimum Gasteiger partial charge on any atom is -0.333 e. The van der Waals surface area contributed by atoms with Crippen molar-refractivity contribution in [3.8, 4) is 22.8 Å².